The van der Waals surface area contributed by atoms with Gasteiger partial charge in [-0.3, -0.25) is 4.98 Å². The topological polar surface area (TPSA) is 34.1 Å². The van der Waals surface area contributed by atoms with Gasteiger partial charge in [-0.15, -0.1) is 0 Å². The minimum absolute atomic E-state index is 0.526. The van der Waals surface area contributed by atoms with Crippen molar-refractivity contribution in [3.63, 3.8) is 0 Å². The standard InChI is InChI=1S/C13H22N2O/c1-10(2)11(3)15-8-9-16-13-6-5-7-14-12(13)4/h5-7,10-11,15H,8-9H2,1-4H3. The van der Waals surface area contributed by atoms with Crippen molar-refractivity contribution < 1.29 is 4.74 Å². The van der Waals surface area contributed by atoms with Crippen LogP contribution in [0.2, 0.25) is 0 Å². The summed E-state index contributed by atoms with van der Waals surface area (Å²) in [4.78, 5) is 4.18. The molecule has 1 rings (SSSR count). The second-order valence-corrected chi connectivity index (χ2v) is 4.42. The fourth-order valence-corrected chi connectivity index (χ4v) is 1.31. The Morgan fingerprint density at radius 3 is 2.75 bits per heavy atom. The highest BCUT2D eigenvalue weighted by Crippen LogP contribution is 2.12. The average molecular weight is 222 g/mol. The normalized spacial score (nSPS) is 12.8. The maximum Gasteiger partial charge on any atom is 0.140 e. The van der Waals surface area contributed by atoms with E-state index in [2.05, 4.69) is 31.1 Å². The first kappa shape index (κ1) is 13.0. The van der Waals surface area contributed by atoms with E-state index in [0.29, 0.717) is 18.6 Å². The molecule has 3 nitrogen and oxygen atoms in total. The maximum atomic E-state index is 5.64. The van der Waals surface area contributed by atoms with Gasteiger partial charge in [0, 0.05) is 18.8 Å². The van der Waals surface area contributed by atoms with E-state index in [0.717, 1.165) is 18.0 Å². The predicted molar refractivity (Wildman–Crippen MR) is 66.8 cm³/mol. The molecule has 0 bridgehead atoms. The first-order valence-corrected chi connectivity index (χ1v) is 5.89. The van der Waals surface area contributed by atoms with Gasteiger partial charge in [-0.05, 0) is 31.9 Å². The molecule has 0 radical (unpaired) electrons. The van der Waals surface area contributed by atoms with Crippen molar-refractivity contribution in [3.8, 4) is 5.75 Å². The summed E-state index contributed by atoms with van der Waals surface area (Å²) in [6, 6.07) is 4.37. The Morgan fingerprint density at radius 1 is 1.38 bits per heavy atom. The summed E-state index contributed by atoms with van der Waals surface area (Å²) < 4.78 is 5.64. The van der Waals surface area contributed by atoms with Gasteiger partial charge in [-0.2, -0.15) is 0 Å². The van der Waals surface area contributed by atoms with Gasteiger partial charge < -0.3 is 10.1 Å². The molecule has 16 heavy (non-hydrogen) atoms. The average Bonchev–Trinajstić information content (AvgIpc) is 2.26. The quantitative estimate of drug-likeness (QED) is 0.750. The van der Waals surface area contributed by atoms with E-state index in [9.17, 15) is 0 Å². The van der Waals surface area contributed by atoms with Crippen molar-refractivity contribution in [3.05, 3.63) is 24.0 Å². The molecule has 0 saturated heterocycles. The molecule has 1 aromatic rings. The van der Waals surface area contributed by atoms with Crippen LogP contribution in [0.5, 0.6) is 5.75 Å². The minimum atomic E-state index is 0.526. The first-order chi connectivity index (χ1) is 7.61. The molecule has 90 valence electrons. The highest BCUT2D eigenvalue weighted by Gasteiger charge is 2.05. The van der Waals surface area contributed by atoms with Crippen LogP contribution in [0, 0.1) is 12.8 Å². The van der Waals surface area contributed by atoms with Crippen LogP contribution < -0.4 is 10.1 Å². The van der Waals surface area contributed by atoms with Crippen molar-refractivity contribution in [2.45, 2.75) is 33.7 Å². The predicted octanol–water partition coefficient (Wildman–Crippen LogP) is 2.40. The molecule has 0 saturated carbocycles. The molecule has 0 amide bonds. The Morgan fingerprint density at radius 2 is 2.12 bits per heavy atom. The van der Waals surface area contributed by atoms with Crippen molar-refractivity contribution in [1.29, 1.82) is 0 Å². The molecule has 1 N–H and O–H groups in total. The van der Waals surface area contributed by atoms with Crippen LogP contribution in [0.4, 0.5) is 0 Å². The molecule has 0 aliphatic heterocycles. The minimum Gasteiger partial charge on any atom is -0.490 e. The van der Waals surface area contributed by atoms with Crippen LogP contribution in [0.25, 0.3) is 0 Å². The zero-order valence-electron chi connectivity index (χ0n) is 10.7. The highest BCUT2D eigenvalue weighted by molar-refractivity contribution is 5.25. The monoisotopic (exact) mass is 222 g/mol. The molecule has 0 aliphatic carbocycles. The molecule has 1 aromatic heterocycles. The van der Waals surface area contributed by atoms with Gasteiger partial charge in [0.15, 0.2) is 0 Å². The van der Waals surface area contributed by atoms with Crippen LogP contribution in [-0.4, -0.2) is 24.2 Å². The molecule has 0 spiro atoms. The number of rotatable bonds is 6. The number of nitrogens with zero attached hydrogens (tertiary/aromatic N) is 1. The van der Waals surface area contributed by atoms with Gasteiger partial charge in [-0.1, -0.05) is 13.8 Å². The lowest BCUT2D eigenvalue weighted by atomic mass is 10.1. The number of nitrogens with one attached hydrogen (secondary N) is 1. The Labute approximate surface area is 98.2 Å². The zero-order chi connectivity index (χ0) is 12.0. The lowest BCUT2D eigenvalue weighted by Gasteiger charge is -2.17. The second kappa shape index (κ2) is 6.48. The van der Waals surface area contributed by atoms with Gasteiger partial charge in [-0.25, -0.2) is 0 Å². The van der Waals surface area contributed by atoms with Crippen LogP contribution in [0.3, 0.4) is 0 Å². The summed E-state index contributed by atoms with van der Waals surface area (Å²) in [5.41, 5.74) is 0.944. The first-order valence-electron chi connectivity index (χ1n) is 5.89. The number of hydrogen-bond acceptors (Lipinski definition) is 3. The molecular weight excluding hydrogens is 200 g/mol. The van der Waals surface area contributed by atoms with E-state index in [4.69, 9.17) is 4.74 Å². The lowest BCUT2D eigenvalue weighted by Crippen LogP contribution is -2.33. The van der Waals surface area contributed by atoms with Gasteiger partial charge in [0.2, 0.25) is 0 Å². The number of pyridine rings is 1. The molecule has 0 fully saturated rings. The Hall–Kier alpha value is -1.09. The molecule has 0 aromatic carbocycles. The van der Waals surface area contributed by atoms with Crippen molar-refractivity contribution in [2.75, 3.05) is 13.2 Å². The molecule has 1 unspecified atom stereocenters. The Balaban J connectivity index is 2.24. The van der Waals surface area contributed by atoms with Crippen molar-refractivity contribution >= 4 is 0 Å². The van der Waals surface area contributed by atoms with Crippen molar-refractivity contribution in [1.82, 2.24) is 10.3 Å². The third-order valence-corrected chi connectivity index (χ3v) is 2.78. The summed E-state index contributed by atoms with van der Waals surface area (Å²) in [6.45, 7) is 10.1. The number of aryl methyl sites for hydroxylation is 1. The fraction of sp³-hybridized carbons (Fsp3) is 0.615. The van der Waals surface area contributed by atoms with Crippen LogP contribution >= 0.6 is 0 Å². The van der Waals surface area contributed by atoms with E-state index in [-0.39, 0.29) is 0 Å². The summed E-state index contributed by atoms with van der Waals surface area (Å²) in [7, 11) is 0. The lowest BCUT2D eigenvalue weighted by molar-refractivity contribution is 0.294. The molecule has 1 heterocycles. The Kier molecular flexibility index (Phi) is 5.26. The zero-order valence-corrected chi connectivity index (χ0v) is 10.7. The molecule has 3 heteroatoms. The summed E-state index contributed by atoms with van der Waals surface area (Å²) in [5.74, 6) is 1.53. The summed E-state index contributed by atoms with van der Waals surface area (Å²) >= 11 is 0. The Bertz CT molecular complexity index is 313. The van der Waals surface area contributed by atoms with Crippen LogP contribution in [0.15, 0.2) is 18.3 Å². The van der Waals surface area contributed by atoms with Crippen LogP contribution in [-0.2, 0) is 0 Å². The summed E-state index contributed by atoms with van der Waals surface area (Å²) in [5, 5.41) is 3.43. The van der Waals surface area contributed by atoms with Gasteiger partial charge in [0.25, 0.3) is 0 Å². The smallest absolute Gasteiger partial charge is 0.140 e. The van der Waals surface area contributed by atoms with E-state index in [1.54, 1.807) is 6.20 Å². The van der Waals surface area contributed by atoms with Gasteiger partial charge >= 0.3 is 0 Å². The maximum absolute atomic E-state index is 5.64. The van der Waals surface area contributed by atoms with E-state index in [1.807, 2.05) is 19.1 Å². The molecular formula is C13H22N2O. The molecule has 1 atom stereocenters. The van der Waals surface area contributed by atoms with Crippen LogP contribution in [0.1, 0.15) is 26.5 Å². The van der Waals surface area contributed by atoms with Crippen molar-refractivity contribution in [2.24, 2.45) is 5.92 Å². The summed E-state index contributed by atoms with van der Waals surface area (Å²) in [6.07, 6.45) is 1.78. The largest absolute Gasteiger partial charge is 0.490 e. The van der Waals surface area contributed by atoms with E-state index >= 15 is 0 Å². The molecule has 0 aliphatic rings. The number of ether oxygens (including phenoxy) is 1. The van der Waals surface area contributed by atoms with Gasteiger partial charge in [0.1, 0.15) is 12.4 Å². The third kappa shape index (κ3) is 4.19. The van der Waals surface area contributed by atoms with E-state index < -0.39 is 0 Å². The second-order valence-electron chi connectivity index (χ2n) is 4.42. The third-order valence-electron chi connectivity index (χ3n) is 2.78. The fourth-order valence-electron chi connectivity index (χ4n) is 1.31. The number of aromatic nitrogens is 1. The SMILES string of the molecule is Cc1ncccc1OCCNC(C)C(C)C. The number of hydrogen-bond donors (Lipinski definition) is 1. The van der Waals surface area contributed by atoms with Gasteiger partial charge in [0.05, 0.1) is 5.69 Å². The van der Waals surface area contributed by atoms with E-state index in [1.165, 1.54) is 0 Å². The highest BCUT2D eigenvalue weighted by atomic mass is 16.5.